The molecule has 0 bridgehead atoms. The first-order valence-electron chi connectivity index (χ1n) is 4.60. The maximum atomic E-state index is 8.91. The lowest BCUT2D eigenvalue weighted by Crippen LogP contribution is -2.18. The Hall–Kier alpha value is -1.33. The summed E-state index contributed by atoms with van der Waals surface area (Å²) in [7, 11) is 0. The second-order valence-corrected chi connectivity index (χ2v) is 3.49. The van der Waals surface area contributed by atoms with Gasteiger partial charge < -0.3 is 5.73 Å². The van der Waals surface area contributed by atoms with Crippen LogP contribution in [-0.2, 0) is 6.42 Å². The van der Waals surface area contributed by atoms with Crippen molar-refractivity contribution in [2.45, 2.75) is 25.3 Å². The maximum Gasteiger partial charge on any atom is 0.0995 e. The predicted octanol–water partition coefficient (Wildman–Crippen LogP) is 1.89. The Kier molecular flexibility index (Phi) is 2.03. The molecule has 0 amide bonds. The van der Waals surface area contributed by atoms with E-state index in [0.29, 0.717) is 0 Å². The van der Waals surface area contributed by atoms with Gasteiger partial charge in [-0.05, 0) is 36.5 Å². The van der Waals surface area contributed by atoms with Crippen molar-refractivity contribution in [3.63, 3.8) is 0 Å². The molecule has 0 aromatic heterocycles. The van der Waals surface area contributed by atoms with E-state index in [9.17, 15) is 0 Å². The maximum absolute atomic E-state index is 8.91. The number of rotatable bonds is 0. The summed E-state index contributed by atoms with van der Waals surface area (Å²) in [6.07, 6.45) is 3.22. The summed E-state index contributed by atoms with van der Waals surface area (Å²) in [4.78, 5) is 0. The van der Waals surface area contributed by atoms with Crippen LogP contribution in [0.5, 0.6) is 0 Å². The quantitative estimate of drug-likeness (QED) is 0.649. The Morgan fingerprint density at radius 1 is 1.46 bits per heavy atom. The van der Waals surface area contributed by atoms with Crippen LogP contribution in [0.2, 0.25) is 0 Å². The normalized spacial score (nSPS) is 20.5. The van der Waals surface area contributed by atoms with Crippen LogP contribution < -0.4 is 5.73 Å². The Labute approximate surface area is 78.0 Å². The van der Waals surface area contributed by atoms with Crippen LogP contribution in [0.3, 0.4) is 0 Å². The van der Waals surface area contributed by atoms with Crippen molar-refractivity contribution < 1.29 is 0 Å². The van der Waals surface area contributed by atoms with Gasteiger partial charge in [-0.15, -0.1) is 0 Å². The second kappa shape index (κ2) is 3.20. The van der Waals surface area contributed by atoms with E-state index in [0.717, 1.165) is 30.4 Å². The summed E-state index contributed by atoms with van der Waals surface area (Å²) in [6.45, 7) is 0. The number of fused-ring (bicyclic) bond motifs is 1. The molecule has 0 unspecified atom stereocenters. The molecular weight excluding hydrogens is 160 g/mol. The van der Waals surface area contributed by atoms with Crippen LogP contribution in [0.25, 0.3) is 0 Å². The molecule has 2 rings (SSSR count). The first-order valence-corrected chi connectivity index (χ1v) is 4.60. The molecule has 2 N–H and O–H groups in total. The van der Waals surface area contributed by atoms with E-state index in [1.807, 2.05) is 12.1 Å². The monoisotopic (exact) mass is 172 g/mol. The Bertz CT molecular complexity index is 363. The Morgan fingerprint density at radius 2 is 2.31 bits per heavy atom. The minimum atomic E-state index is 0.0691. The van der Waals surface area contributed by atoms with Gasteiger partial charge in [-0.2, -0.15) is 5.26 Å². The fourth-order valence-electron chi connectivity index (χ4n) is 2.02. The van der Waals surface area contributed by atoms with Gasteiger partial charge in [-0.1, -0.05) is 12.1 Å². The average molecular weight is 172 g/mol. The van der Waals surface area contributed by atoms with Gasteiger partial charge in [0.05, 0.1) is 11.6 Å². The van der Waals surface area contributed by atoms with Gasteiger partial charge in [-0.3, -0.25) is 0 Å². The van der Waals surface area contributed by atoms with E-state index >= 15 is 0 Å². The average Bonchev–Trinajstić information content (AvgIpc) is 2.17. The molecule has 13 heavy (non-hydrogen) atoms. The van der Waals surface area contributed by atoms with Crippen molar-refractivity contribution in [3.8, 4) is 6.07 Å². The van der Waals surface area contributed by atoms with Crippen LogP contribution in [0.15, 0.2) is 18.2 Å². The van der Waals surface area contributed by atoms with Crippen molar-refractivity contribution >= 4 is 0 Å². The van der Waals surface area contributed by atoms with Gasteiger partial charge in [-0.25, -0.2) is 0 Å². The van der Waals surface area contributed by atoms with Crippen LogP contribution in [0.4, 0.5) is 0 Å². The topological polar surface area (TPSA) is 49.8 Å². The molecule has 0 saturated carbocycles. The first-order chi connectivity index (χ1) is 6.33. The van der Waals surface area contributed by atoms with Crippen LogP contribution in [0, 0.1) is 11.3 Å². The number of nitriles is 1. The molecule has 0 heterocycles. The number of nitrogens with zero attached hydrogens (tertiary/aromatic N) is 1. The van der Waals surface area contributed by atoms with Crippen molar-refractivity contribution in [1.82, 2.24) is 0 Å². The highest BCUT2D eigenvalue weighted by Gasteiger charge is 2.19. The number of aryl methyl sites for hydroxylation is 1. The summed E-state index contributed by atoms with van der Waals surface area (Å²) in [5, 5.41) is 8.91. The number of hydrogen-bond donors (Lipinski definition) is 1. The van der Waals surface area contributed by atoms with Gasteiger partial charge in [0.15, 0.2) is 0 Å². The lowest BCUT2D eigenvalue weighted by molar-refractivity contribution is 0.569. The summed E-state index contributed by atoms with van der Waals surface area (Å²) < 4.78 is 0. The van der Waals surface area contributed by atoms with Gasteiger partial charge in [0.25, 0.3) is 0 Å². The zero-order valence-corrected chi connectivity index (χ0v) is 7.46. The molecule has 1 aromatic carbocycles. The minimum Gasteiger partial charge on any atom is -0.324 e. The molecule has 0 fully saturated rings. The third kappa shape index (κ3) is 1.32. The lowest BCUT2D eigenvalue weighted by Gasteiger charge is -2.22. The largest absolute Gasteiger partial charge is 0.324 e. The van der Waals surface area contributed by atoms with E-state index in [-0.39, 0.29) is 6.04 Å². The molecule has 2 heteroatoms. The SMILES string of the molecule is N#Cc1cccc2c1[C@@H](N)CCC2. The second-order valence-electron chi connectivity index (χ2n) is 3.49. The summed E-state index contributed by atoms with van der Waals surface area (Å²) in [6, 6.07) is 8.14. The van der Waals surface area contributed by atoms with Crippen molar-refractivity contribution in [2.75, 3.05) is 0 Å². The van der Waals surface area contributed by atoms with E-state index in [4.69, 9.17) is 11.0 Å². The standard InChI is InChI=1S/C11H12N2/c12-7-9-5-1-3-8-4-2-6-10(13)11(8)9/h1,3,5,10H,2,4,6,13H2/t10-/m0/s1. The van der Waals surface area contributed by atoms with E-state index in [1.165, 1.54) is 5.56 Å². The molecule has 1 aliphatic carbocycles. The molecule has 0 radical (unpaired) electrons. The number of hydrogen-bond acceptors (Lipinski definition) is 2. The van der Waals surface area contributed by atoms with Gasteiger partial charge in [0.1, 0.15) is 0 Å². The smallest absolute Gasteiger partial charge is 0.0995 e. The summed E-state index contributed by atoms with van der Waals surface area (Å²) in [5.74, 6) is 0. The highest BCUT2D eigenvalue weighted by molar-refractivity contribution is 5.45. The fraction of sp³-hybridized carbons (Fsp3) is 0.364. The molecule has 2 nitrogen and oxygen atoms in total. The molecule has 1 aromatic rings. The highest BCUT2D eigenvalue weighted by atomic mass is 14.6. The van der Waals surface area contributed by atoms with Crippen LogP contribution in [-0.4, -0.2) is 0 Å². The molecule has 1 atom stereocenters. The molecule has 66 valence electrons. The van der Waals surface area contributed by atoms with Crippen molar-refractivity contribution in [3.05, 3.63) is 34.9 Å². The third-order valence-corrected chi connectivity index (χ3v) is 2.65. The van der Waals surface area contributed by atoms with E-state index < -0.39 is 0 Å². The third-order valence-electron chi connectivity index (χ3n) is 2.65. The minimum absolute atomic E-state index is 0.0691. The van der Waals surface area contributed by atoms with Crippen molar-refractivity contribution in [1.29, 1.82) is 5.26 Å². The van der Waals surface area contributed by atoms with Gasteiger partial charge >= 0.3 is 0 Å². The molecule has 0 saturated heterocycles. The predicted molar refractivity (Wildman–Crippen MR) is 51.0 cm³/mol. The number of nitrogens with two attached hydrogens (primary N) is 1. The summed E-state index contributed by atoms with van der Waals surface area (Å²) >= 11 is 0. The number of benzene rings is 1. The van der Waals surface area contributed by atoms with Gasteiger partial charge in [0.2, 0.25) is 0 Å². The first kappa shape index (κ1) is 8.28. The zero-order chi connectivity index (χ0) is 9.26. The van der Waals surface area contributed by atoms with E-state index in [2.05, 4.69) is 12.1 Å². The van der Waals surface area contributed by atoms with E-state index in [1.54, 1.807) is 0 Å². The molecule has 1 aliphatic rings. The Balaban J connectivity index is 2.58. The fourth-order valence-corrected chi connectivity index (χ4v) is 2.02. The molecule has 0 aliphatic heterocycles. The zero-order valence-electron chi connectivity index (χ0n) is 7.46. The molecule has 0 spiro atoms. The van der Waals surface area contributed by atoms with Crippen molar-refractivity contribution in [2.24, 2.45) is 5.73 Å². The van der Waals surface area contributed by atoms with Crippen LogP contribution >= 0.6 is 0 Å². The summed E-state index contributed by atoms with van der Waals surface area (Å²) in [5.41, 5.74) is 9.07. The Morgan fingerprint density at radius 3 is 3.08 bits per heavy atom. The van der Waals surface area contributed by atoms with Crippen LogP contribution in [0.1, 0.15) is 35.6 Å². The highest BCUT2D eigenvalue weighted by Crippen LogP contribution is 2.30. The lowest BCUT2D eigenvalue weighted by atomic mass is 9.85. The van der Waals surface area contributed by atoms with Gasteiger partial charge in [0, 0.05) is 6.04 Å². The molecular formula is C11H12N2.